The Balaban J connectivity index is 2.06. The highest BCUT2D eigenvalue weighted by molar-refractivity contribution is 5.98. The maximum absolute atomic E-state index is 10.1. The summed E-state index contributed by atoms with van der Waals surface area (Å²) in [5.74, 6) is 0.573. The summed E-state index contributed by atoms with van der Waals surface area (Å²) in [7, 11) is 4.04. The zero-order valence-corrected chi connectivity index (χ0v) is 17.8. The average Bonchev–Trinajstić information content (AvgIpc) is 2.75. The molecule has 0 atom stereocenters. The fourth-order valence-electron chi connectivity index (χ4n) is 3.42. The zero-order valence-electron chi connectivity index (χ0n) is 17.8. The highest BCUT2D eigenvalue weighted by Gasteiger charge is 2.15. The van der Waals surface area contributed by atoms with Crippen LogP contribution in [0.5, 0.6) is 17.2 Å². The molecule has 156 valence electrons. The Kier molecular flexibility index (Phi) is 7.15. The first-order chi connectivity index (χ1) is 14.5. The summed E-state index contributed by atoms with van der Waals surface area (Å²) >= 11 is 0. The van der Waals surface area contributed by atoms with E-state index in [1.54, 1.807) is 6.07 Å². The van der Waals surface area contributed by atoms with Gasteiger partial charge in [-0.15, -0.1) is 0 Å². The van der Waals surface area contributed by atoms with Gasteiger partial charge in [-0.05, 0) is 72.6 Å². The fraction of sp³-hybridized carbons (Fsp3) is 0.231. The lowest BCUT2D eigenvalue weighted by atomic mass is 9.88. The number of phenols is 2. The summed E-state index contributed by atoms with van der Waals surface area (Å²) in [6, 6.07) is 23.3. The summed E-state index contributed by atoms with van der Waals surface area (Å²) in [5, 5.41) is 19.9. The second-order valence-corrected chi connectivity index (χ2v) is 7.45. The number of benzene rings is 3. The zero-order chi connectivity index (χ0) is 21.5. The summed E-state index contributed by atoms with van der Waals surface area (Å²) in [4.78, 5) is 2.08. The van der Waals surface area contributed by atoms with Crippen molar-refractivity contribution < 1.29 is 14.9 Å². The van der Waals surface area contributed by atoms with Gasteiger partial charge in [-0.25, -0.2) is 0 Å². The molecule has 4 nitrogen and oxygen atoms in total. The van der Waals surface area contributed by atoms with E-state index < -0.39 is 0 Å². The van der Waals surface area contributed by atoms with Crippen molar-refractivity contribution in [1.82, 2.24) is 4.90 Å². The number of allylic oxidation sites excluding steroid dienone is 1. The monoisotopic (exact) mass is 403 g/mol. The van der Waals surface area contributed by atoms with Crippen molar-refractivity contribution in [2.75, 3.05) is 27.2 Å². The summed E-state index contributed by atoms with van der Waals surface area (Å²) in [6.07, 6.45) is 0.821. The van der Waals surface area contributed by atoms with Crippen LogP contribution >= 0.6 is 0 Å². The maximum atomic E-state index is 10.1. The van der Waals surface area contributed by atoms with Crippen molar-refractivity contribution in [2.24, 2.45) is 0 Å². The van der Waals surface area contributed by atoms with Crippen molar-refractivity contribution in [3.63, 3.8) is 0 Å². The Hall–Kier alpha value is -3.24. The van der Waals surface area contributed by atoms with Crippen molar-refractivity contribution in [1.29, 1.82) is 0 Å². The van der Waals surface area contributed by atoms with E-state index in [2.05, 4.69) is 24.0 Å². The lowest BCUT2D eigenvalue weighted by molar-refractivity contribution is 0.261. The lowest BCUT2D eigenvalue weighted by Gasteiger charge is -2.17. The highest BCUT2D eigenvalue weighted by atomic mass is 16.5. The molecule has 3 rings (SSSR count). The number of phenolic OH excluding ortho intramolecular Hbond substituents is 2. The third-order valence-electron chi connectivity index (χ3n) is 4.99. The van der Waals surface area contributed by atoms with Crippen LogP contribution in [0.1, 0.15) is 30.0 Å². The molecular formula is C26H29NO3. The molecule has 30 heavy (non-hydrogen) atoms. The summed E-state index contributed by atoms with van der Waals surface area (Å²) in [6.45, 7) is 3.61. The number of rotatable bonds is 8. The van der Waals surface area contributed by atoms with Crippen LogP contribution in [0.2, 0.25) is 0 Å². The minimum absolute atomic E-state index is 0.125. The van der Waals surface area contributed by atoms with E-state index in [0.717, 1.165) is 41.0 Å². The molecule has 0 amide bonds. The second kappa shape index (κ2) is 9.99. The van der Waals surface area contributed by atoms with E-state index in [0.29, 0.717) is 6.61 Å². The molecule has 3 aromatic rings. The Morgan fingerprint density at radius 2 is 1.47 bits per heavy atom. The number of hydrogen-bond donors (Lipinski definition) is 2. The molecular weight excluding hydrogens is 374 g/mol. The second-order valence-electron chi connectivity index (χ2n) is 7.45. The molecule has 0 aromatic heterocycles. The molecule has 4 heteroatoms. The first-order valence-corrected chi connectivity index (χ1v) is 10.2. The molecule has 0 heterocycles. The first-order valence-electron chi connectivity index (χ1n) is 10.2. The normalized spacial score (nSPS) is 12.0. The van der Waals surface area contributed by atoms with Crippen LogP contribution in [0.3, 0.4) is 0 Å². The van der Waals surface area contributed by atoms with Crippen LogP contribution in [-0.4, -0.2) is 42.4 Å². The number of likely N-dealkylation sites (N-methyl/N-ethyl adjacent to an activating group) is 1. The maximum Gasteiger partial charge on any atom is 0.158 e. The lowest BCUT2D eigenvalue weighted by Crippen LogP contribution is -2.19. The van der Waals surface area contributed by atoms with E-state index in [4.69, 9.17) is 4.74 Å². The van der Waals surface area contributed by atoms with Gasteiger partial charge in [0.05, 0.1) is 0 Å². The van der Waals surface area contributed by atoms with E-state index >= 15 is 0 Å². The van der Waals surface area contributed by atoms with Gasteiger partial charge in [-0.3, -0.25) is 0 Å². The first kappa shape index (κ1) is 21.5. The molecule has 0 spiro atoms. The van der Waals surface area contributed by atoms with Crippen molar-refractivity contribution >= 4 is 11.1 Å². The van der Waals surface area contributed by atoms with Gasteiger partial charge < -0.3 is 19.8 Å². The number of ether oxygens (including phenoxy) is 1. The predicted molar refractivity (Wildman–Crippen MR) is 123 cm³/mol. The van der Waals surface area contributed by atoms with Crippen LogP contribution in [-0.2, 0) is 0 Å². The van der Waals surface area contributed by atoms with E-state index in [1.807, 2.05) is 62.6 Å². The summed E-state index contributed by atoms with van der Waals surface area (Å²) < 4.78 is 5.83. The van der Waals surface area contributed by atoms with Gasteiger partial charge in [0, 0.05) is 6.54 Å². The van der Waals surface area contributed by atoms with Crippen molar-refractivity contribution in [3.05, 3.63) is 89.5 Å². The third kappa shape index (κ3) is 5.22. The predicted octanol–water partition coefficient (Wildman–Crippen LogP) is 5.41. The fourth-order valence-corrected chi connectivity index (χ4v) is 3.42. The molecule has 0 bridgehead atoms. The molecule has 0 fully saturated rings. The SMILES string of the molecule is CC/C(=C(\c1ccc(OCCN(C)C)cc1)c1ccc(O)c(O)c1)c1ccccc1. The Morgan fingerprint density at radius 3 is 2.07 bits per heavy atom. The van der Waals surface area contributed by atoms with Gasteiger partial charge >= 0.3 is 0 Å². The molecule has 0 radical (unpaired) electrons. The number of hydrogen-bond acceptors (Lipinski definition) is 4. The Morgan fingerprint density at radius 1 is 0.800 bits per heavy atom. The van der Waals surface area contributed by atoms with E-state index in [1.165, 1.54) is 11.6 Å². The van der Waals surface area contributed by atoms with Crippen LogP contribution < -0.4 is 4.74 Å². The average molecular weight is 404 g/mol. The Bertz CT molecular complexity index is 993. The molecule has 0 aliphatic heterocycles. The topological polar surface area (TPSA) is 52.9 Å². The standard InChI is InChI=1S/C26H29NO3/c1-4-23(19-8-6-5-7-9-19)26(21-12-15-24(28)25(29)18-21)20-10-13-22(14-11-20)30-17-16-27(2)3/h5-15,18,28-29H,4,16-17H2,1-3H3/b26-23-. The highest BCUT2D eigenvalue weighted by Crippen LogP contribution is 2.37. The molecule has 0 saturated heterocycles. The summed E-state index contributed by atoms with van der Waals surface area (Å²) in [5.41, 5.74) is 5.21. The van der Waals surface area contributed by atoms with E-state index in [9.17, 15) is 10.2 Å². The van der Waals surface area contributed by atoms with Crippen molar-refractivity contribution in [3.8, 4) is 17.2 Å². The molecule has 0 saturated carbocycles. The Labute approximate surface area is 178 Å². The third-order valence-corrected chi connectivity index (χ3v) is 4.99. The van der Waals surface area contributed by atoms with Crippen LogP contribution in [0, 0.1) is 0 Å². The van der Waals surface area contributed by atoms with E-state index in [-0.39, 0.29) is 11.5 Å². The molecule has 0 unspecified atom stereocenters. The van der Waals surface area contributed by atoms with Gasteiger partial charge in [0.2, 0.25) is 0 Å². The van der Waals surface area contributed by atoms with Crippen LogP contribution in [0.4, 0.5) is 0 Å². The minimum atomic E-state index is -0.128. The quantitative estimate of drug-likeness (QED) is 0.390. The van der Waals surface area contributed by atoms with Crippen LogP contribution in [0.25, 0.3) is 11.1 Å². The van der Waals surface area contributed by atoms with Gasteiger partial charge in [-0.2, -0.15) is 0 Å². The van der Waals surface area contributed by atoms with Crippen LogP contribution in [0.15, 0.2) is 72.8 Å². The largest absolute Gasteiger partial charge is 0.504 e. The van der Waals surface area contributed by atoms with Gasteiger partial charge in [0.25, 0.3) is 0 Å². The van der Waals surface area contributed by atoms with Gasteiger partial charge in [-0.1, -0.05) is 55.5 Å². The number of aromatic hydroxyl groups is 2. The molecule has 3 aromatic carbocycles. The van der Waals surface area contributed by atoms with Crippen molar-refractivity contribution in [2.45, 2.75) is 13.3 Å². The minimum Gasteiger partial charge on any atom is -0.504 e. The van der Waals surface area contributed by atoms with Gasteiger partial charge in [0.1, 0.15) is 12.4 Å². The smallest absolute Gasteiger partial charge is 0.158 e. The van der Waals surface area contributed by atoms with Gasteiger partial charge in [0.15, 0.2) is 11.5 Å². The molecule has 0 aliphatic carbocycles. The number of nitrogens with zero attached hydrogens (tertiary/aromatic N) is 1. The molecule has 2 N–H and O–H groups in total. The molecule has 0 aliphatic rings.